The molecule has 1 aliphatic heterocycles. The van der Waals surface area contributed by atoms with Crippen molar-refractivity contribution in [3.63, 3.8) is 0 Å². The molecule has 7 heteroatoms. The molecule has 6 nitrogen and oxygen atoms in total. The van der Waals surface area contributed by atoms with Gasteiger partial charge in [-0.15, -0.1) is 0 Å². The molecule has 1 N–H and O–H groups in total. The van der Waals surface area contributed by atoms with Crippen molar-refractivity contribution in [2.75, 3.05) is 20.6 Å². The van der Waals surface area contributed by atoms with Crippen LogP contribution in [0.25, 0.3) is 0 Å². The Morgan fingerprint density at radius 2 is 1.87 bits per heavy atom. The Balaban J connectivity index is 1.48. The van der Waals surface area contributed by atoms with Crippen LogP contribution in [0.3, 0.4) is 0 Å². The zero-order chi connectivity index (χ0) is 21.3. The molecule has 3 amide bonds. The normalized spacial score (nSPS) is 18.0. The number of thiophene rings is 1. The largest absolute Gasteiger partial charge is 0.350 e. The van der Waals surface area contributed by atoms with E-state index < -0.39 is 0 Å². The van der Waals surface area contributed by atoms with Gasteiger partial charge in [0.25, 0.3) is 17.7 Å². The third-order valence-corrected chi connectivity index (χ3v) is 6.83. The van der Waals surface area contributed by atoms with E-state index in [-0.39, 0.29) is 29.8 Å². The Morgan fingerprint density at radius 3 is 2.53 bits per heavy atom. The summed E-state index contributed by atoms with van der Waals surface area (Å²) in [5.41, 5.74) is 2.32. The van der Waals surface area contributed by atoms with Gasteiger partial charge < -0.3 is 10.2 Å². The maximum Gasteiger partial charge on any atom is 0.261 e. The van der Waals surface area contributed by atoms with E-state index >= 15 is 0 Å². The molecule has 4 rings (SSSR count). The van der Waals surface area contributed by atoms with Crippen LogP contribution >= 0.6 is 11.3 Å². The summed E-state index contributed by atoms with van der Waals surface area (Å²) < 4.78 is 0. The monoisotopic (exact) mass is 425 g/mol. The zero-order valence-electron chi connectivity index (χ0n) is 17.4. The Bertz CT molecular complexity index is 949. The smallest absolute Gasteiger partial charge is 0.261 e. The third-order valence-electron chi connectivity index (χ3n) is 6.13. The van der Waals surface area contributed by atoms with E-state index in [1.54, 1.807) is 29.5 Å². The van der Waals surface area contributed by atoms with Gasteiger partial charge in [-0.3, -0.25) is 19.3 Å². The molecule has 158 valence electrons. The zero-order valence-corrected chi connectivity index (χ0v) is 18.2. The molecule has 2 heterocycles. The summed E-state index contributed by atoms with van der Waals surface area (Å²) in [5.74, 6) is -0.726. The van der Waals surface area contributed by atoms with Crippen LogP contribution in [0.5, 0.6) is 0 Å². The summed E-state index contributed by atoms with van der Waals surface area (Å²) in [4.78, 5) is 42.0. The first-order valence-corrected chi connectivity index (χ1v) is 11.4. The molecule has 1 aromatic carbocycles. The lowest BCUT2D eigenvalue weighted by atomic mass is 9.94. The quantitative estimate of drug-likeness (QED) is 0.717. The minimum atomic E-state index is -0.263. The van der Waals surface area contributed by atoms with Crippen molar-refractivity contribution in [1.82, 2.24) is 15.1 Å². The fourth-order valence-corrected chi connectivity index (χ4v) is 5.13. The molecule has 0 radical (unpaired) electrons. The van der Waals surface area contributed by atoms with Crippen molar-refractivity contribution >= 4 is 29.1 Å². The molecule has 0 bridgehead atoms. The molecule has 1 aromatic heterocycles. The van der Waals surface area contributed by atoms with Crippen molar-refractivity contribution in [2.24, 2.45) is 0 Å². The van der Waals surface area contributed by atoms with Gasteiger partial charge in [0.2, 0.25) is 0 Å². The highest BCUT2D eigenvalue weighted by Crippen LogP contribution is 2.31. The molecule has 2 aromatic rings. The summed E-state index contributed by atoms with van der Waals surface area (Å²) in [5, 5.41) is 7.08. The molecular formula is C23H27N3O3S. The predicted molar refractivity (Wildman–Crippen MR) is 117 cm³/mol. The van der Waals surface area contributed by atoms with E-state index in [1.165, 1.54) is 4.90 Å². The van der Waals surface area contributed by atoms with Crippen LogP contribution in [-0.2, 0) is 0 Å². The summed E-state index contributed by atoms with van der Waals surface area (Å²) in [6, 6.07) is 6.94. The van der Waals surface area contributed by atoms with Crippen molar-refractivity contribution in [1.29, 1.82) is 0 Å². The molecule has 30 heavy (non-hydrogen) atoms. The summed E-state index contributed by atoms with van der Waals surface area (Å²) in [6.45, 7) is 0.459. The first kappa shape index (κ1) is 20.8. The second-order valence-electron chi connectivity index (χ2n) is 8.28. The van der Waals surface area contributed by atoms with E-state index in [2.05, 4.69) is 21.7 Å². The number of hydrogen-bond acceptors (Lipinski definition) is 5. The minimum Gasteiger partial charge on any atom is -0.350 e. The first-order chi connectivity index (χ1) is 14.5. The molecule has 1 aliphatic carbocycles. The molecule has 1 saturated carbocycles. The topological polar surface area (TPSA) is 69.7 Å². The van der Waals surface area contributed by atoms with Crippen LogP contribution in [0.15, 0.2) is 35.0 Å². The third kappa shape index (κ3) is 3.91. The molecule has 2 aliphatic rings. The van der Waals surface area contributed by atoms with Gasteiger partial charge in [-0.2, -0.15) is 11.3 Å². The van der Waals surface area contributed by atoms with E-state index in [9.17, 15) is 14.4 Å². The summed E-state index contributed by atoms with van der Waals surface area (Å²) in [7, 11) is 3.96. The number of benzene rings is 1. The van der Waals surface area contributed by atoms with Crippen LogP contribution in [0.4, 0.5) is 0 Å². The highest BCUT2D eigenvalue weighted by atomic mass is 32.1. The van der Waals surface area contributed by atoms with Crippen LogP contribution < -0.4 is 5.32 Å². The molecular weight excluding hydrogens is 398 g/mol. The lowest BCUT2D eigenvalue weighted by Crippen LogP contribution is -2.40. The highest BCUT2D eigenvalue weighted by Gasteiger charge is 2.40. The fraction of sp³-hybridized carbons (Fsp3) is 0.435. The van der Waals surface area contributed by atoms with E-state index in [4.69, 9.17) is 0 Å². The van der Waals surface area contributed by atoms with Crippen LogP contribution in [0.2, 0.25) is 0 Å². The molecule has 0 saturated heterocycles. The van der Waals surface area contributed by atoms with Gasteiger partial charge in [-0.25, -0.2) is 0 Å². The summed E-state index contributed by atoms with van der Waals surface area (Å²) >= 11 is 1.63. The van der Waals surface area contributed by atoms with E-state index in [0.717, 1.165) is 37.7 Å². The number of carbonyl (C=O) groups is 3. The maximum absolute atomic E-state index is 13.0. The molecule has 1 atom stereocenters. The number of rotatable bonds is 6. The minimum absolute atomic E-state index is 0.0186. The number of likely N-dealkylation sites (N-methyl/N-ethyl adjacent to an activating group) is 1. The second-order valence-corrected chi connectivity index (χ2v) is 9.06. The van der Waals surface area contributed by atoms with Crippen LogP contribution in [0, 0.1) is 0 Å². The lowest BCUT2D eigenvalue weighted by Gasteiger charge is -2.29. The van der Waals surface area contributed by atoms with E-state index in [1.807, 2.05) is 19.5 Å². The van der Waals surface area contributed by atoms with Crippen molar-refractivity contribution in [2.45, 2.75) is 44.2 Å². The number of imide groups is 1. The molecule has 0 spiro atoms. The van der Waals surface area contributed by atoms with Gasteiger partial charge >= 0.3 is 0 Å². The van der Waals surface area contributed by atoms with Gasteiger partial charge in [0, 0.05) is 18.2 Å². The van der Waals surface area contributed by atoms with Crippen molar-refractivity contribution in [3.8, 4) is 0 Å². The SMILES string of the molecule is CN(C)C(CNC(=O)c1ccc2c(c1)C(=O)N(C1CCCCC1)C2=O)c1ccsc1. The number of fused-ring (bicyclic) bond motifs is 1. The van der Waals surface area contributed by atoms with E-state index in [0.29, 0.717) is 23.2 Å². The highest BCUT2D eigenvalue weighted by molar-refractivity contribution is 7.08. The van der Waals surface area contributed by atoms with Crippen molar-refractivity contribution < 1.29 is 14.4 Å². The van der Waals surface area contributed by atoms with Gasteiger partial charge in [0.05, 0.1) is 17.2 Å². The van der Waals surface area contributed by atoms with Gasteiger partial charge in [0.1, 0.15) is 0 Å². The maximum atomic E-state index is 13.0. The van der Waals surface area contributed by atoms with Crippen molar-refractivity contribution in [3.05, 3.63) is 57.3 Å². The Morgan fingerprint density at radius 1 is 1.13 bits per heavy atom. The second kappa shape index (κ2) is 8.70. The van der Waals surface area contributed by atoms with Gasteiger partial charge in [-0.05, 0) is 67.5 Å². The Labute approximate surface area is 180 Å². The van der Waals surface area contributed by atoms with Crippen LogP contribution in [0.1, 0.15) is 74.8 Å². The number of hydrogen-bond donors (Lipinski definition) is 1. The standard InChI is InChI=1S/C23H27N3O3S/c1-25(2)20(16-10-11-30-14-16)13-24-21(27)15-8-9-18-19(12-15)23(29)26(22(18)28)17-6-4-3-5-7-17/h8-12,14,17,20H,3-7,13H2,1-2H3,(H,24,27). The molecule has 1 fully saturated rings. The fourth-order valence-electron chi connectivity index (χ4n) is 4.43. The predicted octanol–water partition coefficient (Wildman–Crippen LogP) is 3.71. The van der Waals surface area contributed by atoms with Gasteiger partial charge in [0.15, 0.2) is 0 Å². The Hall–Kier alpha value is -2.51. The van der Waals surface area contributed by atoms with Gasteiger partial charge in [-0.1, -0.05) is 19.3 Å². The average Bonchev–Trinajstić information content (AvgIpc) is 3.36. The molecule has 1 unspecified atom stereocenters. The average molecular weight is 426 g/mol. The first-order valence-electron chi connectivity index (χ1n) is 10.5. The number of nitrogens with one attached hydrogen (secondary N) is 1. The number of carbonyl (C=O) groups excluding carboxylic acids is 3. The lowest BCUT2D eigenvalue weighted by molar-refractivity contribution is 0.0548. The Kier molecular flexibility index (Phi) is 6.01. The number of nitrogens with zero attached hydrogens (tertiary/aromatic N) is 2. The summed E-state index contributed by atoms with van der Waals surface area (Å²) in [6.07, 6.45) is 4.98. The number of amides is 3. The van der Waals surface area contributed by atoms with Crippen LogP contribution in [-0.4, -0.2) is 54.2 Å².